The van der Waals surface area contributed by atoms with E-state index in [0.29, 0.717) is 18.1 Å². The van der Waals surface area contributed by atoms with Crippen molar-refractivity contribution >= 4 is 17.1 Å². The summed E-state index contributed by atoms with van der Waals surface area (Å²) in [7, 11) is 3.79. The van der Waals surface area contributed by atoms with E-state index in [1.165, 1.54) is 0 Å². The minimum Gasteiger partial charge on any atom is -0.348 e. The van der Waals surface area contributed by atoms with Crippen LogP contribution in [0.5, 0.6) is 0 Å². The molecule has 128 valence electrons. The molecule has 2 N–H and O–H groups in total. The fourth-order valence-corrected chi connectivity index (χ4v) is 3.28. The number of carbonyl (C=O) groups excluding carboxylic acids is 1. The average Bonchev–Trinajstić information content (AvgIpc) is 2.59. The number of rotatable bonds is 5. The Balaban J connectivity index is 1.94. The third-order valence-electron chi connectivity index (χ3n) is 4.37. The number of nitrogens with one attached hydrogen (secondary N) is 2. The van der Waals surface area contributed by atoms with Crippen LogP contribution < -0.4 is 10.6 Å². The van der Waals surface area contributed by atoms with Crippen LogP contribution >= 0.6 is 0 Å². The maximum absolute atomic E-state index is 12.4. The highest BCUT2D eigenvalue weighted by Gasteiger charge is 2.28. The van der Waals surface area contributed by atoms with Gasteiger partial charge in [0.25, 0.3) is 0 Å². The van der Waals surface area contributed by atoms with E-state index < -0.39 is 0 Å². The maximum atomic E-state index is 12.4. The quantitative estimate of drug-likeness (QED) is 0.842. The molecule has 7 heteroatoms. The molecule has 1 unspecified atom stereocenters. The van der Waals surface area contributed by atoms with Gasteiger partial charge in [-0.05, 0) is 52.0 Å². The van der Waals surface area contributed by atoms with Crippen molar-refractivity contribution in [2.45, 2.75) is 18.9 Å². The fourth-order valence-electron chi connectivity index (χ4n) is 3.28. The molecule has 1 aliphatic heterocycles. The first-order valence-electron chi connectivity index (χ1n) is 8.35. The van der Waals surface area contributed by atoms with Gasteiger partial charge in [-0.25, -0.2) is 9.97 Å². The molecule has 0 aromatic carbocycles. The van der Waals surface area contributed by atoms with Crippen molar-refractivity contribution in [3.05, 3.63) is 30.2 Å². The van der Waals surface area contributed by atoms with Crippen molar-refractivity contribution in [2.24, 2.45) is 5.92 Å². The standard InChI is InChI=1S/C17H24N6O/c1-23(2)11-14(24)22-15(12-3-6-18-7-4-12)13-5-8-20-17-16(13)19-9-10-21-17/h5,8-10,12,15,18H,3-4,6-7,11H2,1-2H3,(H,22,24). The summed E-state index contributed by atoms with van der Waals surface area (Å²) in [6.45, 7) is 2.31. The van der Waals surface area contributed by atoms with Crippen LogP contribution in [0.1, 0.15) is 24.4 Å². The van der Waals surface area contributed by atoms with E-state index in [-0.39, 0.29) is 11.9 Å². The van der Waals surface area contributed by atoms with Gasteiger partial charge in [-0.2, -0.15) is 0 Å². The molecule has 0 radical (unpaired) electrons. The highest BCUT2D eigenvalue weighted by molar-refractivity contribution is 5.80. The summed E-state index contributed by atoms with van der Waals surface area (Å²) >= 11 is 0. The van der Waals surface area contributed by atoms with Crippen molar-refractivity contribution in [2.75, 3.05) is 33.7 Å². The molecule has 2 aromatic heterocycles. The first kappa shape index (κ1) is 16.7. The summed E-state index contributed by atoms with van der Waals surface area (Å²) in [5, 5.41) is 6.61. The Morgan fingerprint density at radius 1 is 1.25 bits per heavy atom. The Bertz CT molecular complexity index is 693. The predicted molar refractivity (Wildman–Crippen MR) is 92.4 cm³/mol. The Labute approximate surface area is 141 Å². The van der Waals surface area contributed by atoms with Crippen LogP contribution in [0, 0.1) is 5.92 Å². The van der Waals surface area contributed by atoms with E-state index in [9.17, 15) is 4.79 Å². The van der Waals surface area contributed by atoms with Gasteiger partial charge in [0, 0.05) is 24.2 Å². The monoisotopic (exact) mass is 328 g/mol. The first-order valence-corrected chi connectivity index (χ1v) is 8.35. The molecule has 0 bridgehead atoms. The Kier molecular flexibility index (Phi) is 5.32. The van der Waals surface area contributed by atoms with Gasteiger partial charge in [-0.3, -0.25) is 9.78 Å². The molecule has 7 nitrogen and oxygen atoms in total. The lowest BCUT2D eigenvalue weighted by molar-refractivity contribution is -0.122. The Morgan fingerprint density at radius 3 is 2.71 bits per heavy atom. The minimum absolute atomic E-state index is 0.0254. The molecule has 3 heterocycles. The van der Waals surface area contributed by atoms with Crippen LogP contribution in [0.4, 0.5) is 0 Å². The molecule has 1 saturated heterocycles. The van der Waals surface area contributed by atoms with Crippen LogP contribution in [0.3, 0.4) is 0 Å². The first-order chi connectivity index (χ1) is 11.6. The second-order valence-electron chi connectivity index (χ2n) is 6.50. The number of pyridine rings is 1. The van der Waals surface area contributed by atoms with Gasteiger partial charge in [0.15, 0.2) is 5.65 Å². The number of carbonyl (C=O) groups is 1. The SMILES string of the molecule is CN(C)CC(=O)NC(c1ccnc2nccnc12)C1CCNCC1. The van der Waals surface area contributed by atoms with E-state index in [2.05, 4.69) is 25.6 Å². The van der Waals surface area contributed by atoms with Crippen molar-refractivity contribution < 1.29 is 4.79 Å². The Hall–Kier alpha value is -2.12. The van der Waals surface area contributed by atoms with Crippen LogP contribution in [0.2, 0.25) is 0 Å². The number of piperidine rings is 1. The molecule has 0 spiro atoms. The van der Waals surface area contributed by atoms with Gasteiger partial charge in [0.1, 0.15) is 5.52 Å². The molecular formula is C17H24N6O. The maximum Gasteiger partial charge on any atom is 0.234 e. The minimum atomic E-state index is -0.0678. The summed E-state index contributed by atoms with van der Waals surface area (Å²) in [6, 6.07) is 1.89. The largest absolute Gasteiger partial charge is 0.348 e. The smallest absolute Gasteiger partial charge is 0.234 e. The molecule has 3 rings (SSSR count). The Morgan fingerprint density at radius 2 is 1.96 bits per heavy atom. The lowest BCUT2D eigenvalue weighted by Gasteiger charge is -2.32. The summed E-state index contributed by atoms with van der Waals surface area (Å²) in [6.07, 6.45) is 7.12. The van der Waals surface area contributed by atoms with Crippen molar-refractivity contribution in [3.8, 4) is 0 Å². The molecule has 1 aliphatic rings. The molecule has 0 aliphatic carbocycles. The van der Waals surface area contributed by atoms with Crippen molar-refractivity contribution in [1.29, 1.82) is 0 Å². The topological polar surface area (TPSA) is 83.0 Å². The molecule has 1 atom stereocenters. The molecule has 24 heavy (non-hydrogen) atoms. The summed E-state index contributed by atoms with van der Waals surface area (Å²) < 4.78 is 0. The number of fused-ring (bicyclic) bond motifs is 1. The van der Waals surface area contributed by atoms with Crippen LogP contribution in [-0.4, -0.2) is 59.5 Å². The van der Waals surface area contributed by atoms with Gasteiger partial charge in [0.2, 0.25) is 5.91 Å². The third kappa shape index (κ3) is 3.85. The molecule has 0 saturated carbocycles. The molecule has 1 amide bonds. The number of hydrogen-bond acceptors (Lipinski definition) is 6. The van der Waals surface area contributed by atoms with Crippen molar-refractivity contribution in [1.82, 2.24) is 30.5 Å². The van der Waals surface area contributed by atoms with E-state index in [1.54, 1.807) is 18.6 Å². The van der Waals surface area contributed by atoms with Crippen molar-refractivity contribution in [3.63, 3.8) is 0 Å². The fraction of sp³-hybridized carbons (Fsp3) is 0.529. The van der Waals surface area contributed by atoms with E-state index in [4.69, 9.17) is 0 Å². The summed E-state index contributed by atoms with van der Waals surface area (Å²) in [5.74, 6) is 0.405. The van der Waals surface area contributed by atoms with E-state index >= 15 is 0 Å². The average molecular weight is 328 g/mol. The lowest BCUT2D eigenvalue weighted by atomic mass is 9.85. The predicted octanol–water partition coefficient (Wildman–Crippen LogP) is 0.743. The number of likely N-dealkylation sites (N-methyl/N-ethyl adjacent to an activating group) is 1. The molecule has 2 aromatic rings. The van der Waals surface area contributed by atoms with Gasteiger partial charge < -0.3 is 15.5 Å². The third-order valence-corrected chi connectivity index (χ3v) is 4.37. The van der Waals surface area contributed by atoms with Gasteiger partial charge in [-0.15, -0.1) is 0 Å². The molecule has 1 fully saturated rings. The number of hydrogen-bond donors (Lipinski definition) is 2. The van der Waals surface area contributed by atoms with Gasteiger partial charge in [0.05, 0.1) is 12.6 Å². The van der Waals surface area contributed by atoms with E-state index in [1.807, 2.05) is 25.1 Å². The number of amides is 1. The summed E-state index contributed by atoms with van der Waals surface area (Å²) in [4.78, 5) is 27.3. The van der Waals surface area contributed by atoms with E-state index in [0.717, 1.165) is 37.0 Å². The lowest BCUT2D eigenvalue weighted by Crippen LogP contribution is -2.42. The number of nitrogens with zero attached hydrogens (tertiary/aromatic N) is 4. The van der Waals surface area contributed by atoms with Gasteiger partial charge in [-0.1, -0.05) is 0 Å². The second kappa shape index (κ2) is 7.63. The highest BCUT2D eigenvalue weighted by Crippen LogP contribution is 2.31. The zero-order valence-electron chi connectivity index (χ0n) is 14.2. The normalized spacial score (nSPS) is 17.1. The van der Waals surface area contributed by atoms with Gasteiger partial charge >= 0.3 is 0 Å². The molecular weight excluding hydrogens is 304 g/mol. The van der Waals surface area contributed by atoms with Crippen LogP contribution in [0.15, 0.2) is 24.7 Å². The van der Waals surface area contributed by atoms with Crippen LogP contribution in [-0.2, 0) is 4.79 Å². The van der Waals surface area contributed by atoms with Crippen LogP contribution in [0.25, 0.3) is 11.2 Å². The number of aromatic nitrogens is 3. The zero-order chi connectivity index (χ0) is 16.9. The highest BCUT2D eigenvalue weighted by atomic mass is 16.2. The summed E-state index contributed by atoms with van der Waals surface area (Å²) in [5.41, 5.74) is 2.40. The zero-order valence-corrected chi connectivity index (χ0v) is 14.2. The second-order valence-corrected chi connectivity index (χ2v) is 6.50.